The van der Waals surface area contributed by atoms with Crippen LogP contribution in [0, 0.1) is 5.41 Å². The monoisotopic (exact) mass is 195 g/mol. The standard InChI is InChI=1S/C10H17N3O/c1-10(2,3)9(14)13-5-4-8-11-6-7-12-8/h6-7H,4-5H2,1-3H3,(H,11,12)(H,13,14). The first kappa shape index (κ1) is 10.8. The number of amides is 1. The molecule has 78 valence electrons. The highest BCUT2D eigenvalue weighted by molar-refractivity contribution is 5.81. The first-order chi connectivity index (χ1) is 6.50. The number of rotatable bonds is 3. The van der Waals surface area contributed by atoms with Gasteiger partial charge in [0, 0.05) is 30.8 Å². The minimum Gasteiger partial charge on any atom is -0.355 e. The second-order valence-corrected chi connectivity index (χ2v) is 4.29. The van der Waals surface area contributed by atoms with Crippen molar-refractivity contribution in [2.45, 2.75) is 27.2 Å². The van der Waals surface area contributed by atoms with E-state index in [1.165, 1.54) is 0 Å². The normalized spacial score (nSPS) is 11.4. The number of imidazole rings is 1. The van der Waals surface area contributed by atoms with Crippen LogP contribution in [0.1, 0.15) is 26.6 Å². The van der Waals surface area contributed by atoms with Crippen molar-refractivity contribution in [1.29, 1.82) is 0 Å². The molecule has 0 aliphatic rings. The SMILES string of the molecule is CC(C)(C)C(=O)NCCc1ncc[nH]1. The minimum atomic E-state index is -0.316. The summed E-state index contributed by atoms with van der Waals surface area (Å²) in [5, 5.41) is 2.86. The summed E-state index contributed by atoms with van der Waals surface area (Å²) >= 11 is 0. The van der Waals surface area contributed by atoms with Crippen molar-refractivity contribution in [3.8, 4) is 0 Å². The van der Waals surface area contributed by atoms with Gasteiger partial charge in [0.25, 0.3) is 0 Å². The molecule has 0 spiro atoms. The maximum atomic E-state index is 11.5. The summed E-state index contributed by atoms with van der Waals surface area (Å²) in [5.74, 6) is 0.975. The first-order valence-corrected chi connectivity index (χ1v) is 4.77. The number of aromatic nitrogens is 2. The zero-order valence-electron chi connectivity index (χ0n) is 8.92. The molecule has 2 N–H and O–H groups in total. The predicted molar refractivity (Wildman–Crippen MR) is 54.8 cm³/mol. The molecule has 0 aliphatic heterocycles. The Bertz CT molecular complexity index is 285. The van der Waals surface area contributed by atoms with Gasteiger partial charge in [-0.25, -0.2) is 4.98 Å². The van der Waals surface area contributed by atoms with E-state index in [-0.39, 0.29) is 11.3 Å². The summed E-state index contributed by atoms with van der Waals surface area (Å²) in [6.07, 6.45) is 4.23. The number of nitrogens with one attached hydrogen (secondary N) is 2. The van der Waals surface area contributed by atoms with Crippen molar-refractivity contribution < 1.29 is 4.79 Å². The molecule has 0 aliphatic carbocycles. The highest BCUT2D eigenvalue weighted by atomic mass is 16.2. The second kappa shape index (κ2) is 4.26. The third-order valence-electron chi connectivity index (χ3n) is 1.88. The Morgan fingerprint density at radius 1 is 1.57 bits per heavy atom. The quantitative estimate of drug-likeness (QED) is 0.759. The summed E-state index contributed by atoms with van der Waals surface area (Å²) < 4.78 is 0. The van der Waals surface area contributed by atoms with E-state index in [0.29, 0.717) is 6.54 Å². The Morgan fingerprint density at radius 3 is 2.79 bits per heavy atom. The van der Waals surface area contributed by atoms with Gasteiger partial charge in [0.1, 0.15) is 5.82 Å². The molecule has 0 radical (unpaired) electrons. The number of carbonyl (C=O) groups excluding carboxylic acids is 1. The molecule has 4 heteroatoms. The van der Waals surface area contributed by atoms with E-state index < -0.39 is 0 Å². The highest BCUT2D eigenvalue weighted by Crippen LogP contribution is 2.11. The molecule has 1 aromatic heterocycles. The van der Waals surface area contributed by atoms with Crippen molar-refractivity contribution in [2.75, 3.05) is 6.54 Å². The molecule has 14 heavy (non-hydrogen) atoms. The number of carbonyl (C=O) groups is 1. The third-order valence-corrected chi connectivity index (χ3v) is 1.88. The van der Waals surface area contributed by atoms with Crippen molar-refractivity contribution in [1.82, 2.24) is 15.3 Å². The third kappa shape index (κ3) is 3.20. The van der Waals surface area contributed by atoms with Crippen LogP contribution in [0.4, 0.5) is 0 Å². The Balaban J connectivity index is 2.26. The molecule has 0 saturated carbocycles. The van der Waals surface area contributed by atoms with Gasteiger partial charge in [-0.15, -0.1) is 0 Å². The second-order valence-electron chi connectivity index (χ2n) is 4.29. The van der Waals surface area contributed by atoms with Gasteiger partial charge >= 0.3 is 0 Å². The molecule has 1 rings (SSSR count). The van der Waals surface area contributed by atoms with Gasteiger partial charge in [-0.05, 0) is 0 Å². The van der Waals surface area contributed by atoms with Gasteiger partial charge in [0.15, 0.2) is 0 Å². The summed E-state index contributed by atoms with van der Waals surface area (Å²) in [6.45, 7) is 6.32. The zero-order chi connectivity index (χ0) is 10.6. The van der Waals surface area contributed by atoms with E-state index >= 15 is 0 Å². The van der Waals surface area contributed by atoms with E-state index in [0.717, 1.165) is 12.2 Å². The molecule has 0 atom stereocenters. The average molecular weight is 195 g/mol. The number of nitrogens with zero attached hydrogens (tertiary/aromatic N) is 1. The van der Waals surface area contributed by atoms with Gasteiger partial charge in [-0.3, -0.25) is 4.79 Å². The van der Waals surface area contributed by atoms with E-state index in [4.69, 9.17) is 0 Å². The summed E-state index contributed by atoms with van der Waals surface area (Å²) in [7, 11) is 0. The number of H-pyrrole nitrogens is 1. The van der Waals surface area contributed by atoms with Crippen molar-refractivity contribution >= 4 is 5.91 Å². The Morgan fingerprint density at radius 2 is 2.29 bits per heavy atom. The zero-order valence-corrected chi connectivity index (χ0v) is 8.92. The Hall–Kier alpha value is -1.32. The van der Waals surface area contributed by atoms with Gasteiger partial charge in [0.2, 0.25) is 5.91 Å². The van der Waals surface area contributed by atoms with Crippen LogP contribution < -0.4 is 5.32 Å². The summed E-state index contributed by atoms with van der Waals surface area (Å²) in [4.78, 5) is 18.5. The van der Waals surface area contributed by atoms with Crippen molar-refractivity contribution in [3.63, 3.8) is 0 Å². The van der Waals surface area contributed by atoms with E-state index in [2.05, 4.69) is 15.3 Å². The minimum absolute atomic E-state index is 0.0732. The van der Waals surface area contributed by atoms with Crippen molar-refractivity contribution in [2.24, 2.45) is 5.41 Å². The topological polar surface area (TPSA) is 57.8 Å². The van der Waals surface area contributed by atoms with Gasteiger partial charge in [0.05, 0.1) is 0 Å². The van der Waals surface area contributed by atoms with Crippen LogP contribution in [0.15, 0.2) is 12.4 Å². The number of hydrogen-bond donors (Lipinski definition) is 2. The molecular formula is C10H17N3O. The first-order valence-electron chi connectivity index (χ1n) is 4.77. The van der Waals surface area contributed by atoms with Crippen LogP contribution in [-0.4, -0.2) is 22.4 Å². The Labute approximate surface area is 84.1 Å². The largest absolute Gasteiger partial charge is 0.355 e. The lowest BCUT2D eigenvalue weighted by atomic mass is 9.96. The summed E-state index contributed by atoms with van der Waals surface area (Å²) in [6, 6.07) is 0. The van der Waals surface area contributed by atoms with Crippen LogP contribution in [0.3, 0.4) is 0 Å². The molecule has 0 saturated heterocycles. The lowest BCUT2D eigenvalue weighted by molar-refractivity contribution is -0.128. The fraction of sp³-hybridized carbons (Fsp3) is 0.600. The van der Waals surface area contributed by atoms with Crippen molar-refractivity contribution in [3.05, 3.63) is 18.2 Å². The fourth-order valence-electron chi connectivity index (χ4n) is 0.994. The molecule has 1 aromatic rings. The van der Waals surface area contributed by atoms with Crippen LogP contribution in [0.25, 0.3) is 0 Å². The number of hydrogen-bond acceptors (Lipinski definition) is 2. The molecular weight excluding hydrogens is 178 g/mol. The van der Waals surface area contributed by atoms with E-state index in [1.54, 1.807) is 12.4 Å². The highest BCUT2D eigenvalue weighted by Gasteiger charge is 2.20. The van der Waals surface area contributed by atoms with Gasteiger partial charge < -0.3 is 10.3 Å². The molecule has 0 bridgehead atoms. The average Bonchev–Trinajstić information content (AvgIpc) is 2.55. The molecule has 0 fully saturated rings. The fourth-order valence-corrected chi connectivity index (χ4v) is 0.994. The predicted octanol–water partition coefficient (Wildman–Crippen LogP) is 1.11. The number of aromatic amines is 1. The lowest BCUT2D eigenvalue weighted by Crippen LogP contribution is -2.36. The molecule has 4 nitrogen and oxygen atoms in total. The maximum Gasteiger partial charge on any atom is 0.225 e. The van der Waals surface area contributed by atoms with Gasteiger partial charge in [-0.2, -0.15) is 0 Å². The van der Waals surface area contributed by atoms with Crippen LogP contribution >= 0.6 is 0 Å². The molecule has 0 unspecified atom stereocenters. The van der Waals surface area contributed by atoms with E-state index in [1.807, 2.05) is 20.8 Å². The molecule has 1 heterocycles. The molecule has 1 amide bonds. The lowest BCUT2D eigenvalue weighted by Gasteiger charge is -2.17. The van der Waals surface area contributed by atoms with E-state index in [9.17, 15) is 4.79 Å². The van der Waals surface area contributed by atoms with Crippen LogP contribution in [0.5, 0.6) is 0 Å². The summed E-state index contributed by atoms with van der Waals surface area (Å²) in [5.41, 5.74) is -0.316. The smallest absolute Gasteiger partial charge is 0.225 e. The molecule has 0 aromatic carbocycles. The van der Waals surface area contributed by atoms with Crippen LogP contribution in [-0.2, 0) is 11.2 Å². The van der Waals surface area contributed by atoms with Crippen LogP contribution in [0.2, 0.25) is 0 Å². The van der Waals surface area contributed by atoms with Gasteiger partial charge in [-0.1, -0.05) is 20.8 Å². The Kier molecular flexibility index (Phi) is 3.28. The maximum absolute atomic E-state index is 11.5.